The van der Waals surface area contributed by atoms with Crippen molar-refractivity contribution in [2.24, 2.45) is 0 Å². The third-order valence-electron chi connectivity index (χ3n) is 6.23. The van der Waals surface area contributed by atoms with Crippen LogP contribution in [-0.4, -0.2) is 65.6 Å². The minimum Gasteiger partial charge on any atom is -0.481 e. The lowest BCUT2D eigenvalue weighted by Crippen LogP contribution is -2.46. The smallest absolute Gasteiger partial charge is 0.421 e. The molecule has 4 rings (SSSR count). The summed E-state index contributed by atoms with van der Waals surface area (Å²) in [5, 5.41) is 8.34. The number of nitrogens with one attached hydrogen (secondary N) is 3. The lowest BCUT2D eigenvalue weighted by molar-refractivity contribution is -0.137. The molecule has 13 heteroatoms. The second-order valence-corrected chi connectivity index (χ2v) is 9.11. The van der Waals surface area contributed by atoms with Crippen molar-refractivity contribution < 1.29 is 22.7 Å². The number of alkyl halides is 3. The van der Waals surface area contributed by atoms with E-state index in [0.29, 0.717) is 29.3 Å². The molecule has 3 N–H and O–H groups in total. The van der Waals surface area contributed by atoms with Gasteiger partial charge in [-0.2, -0.15) is 23.1 Å². The lowest BCUT2D eigenvalue weighted by atomic mass is 10.1. The molecule has 0 unspecified atom stereocenters. The molecule has 3 aromatic rings. The van der Waals surface area contributed by atoms with Gasteiger partial charge in [-0.3, -0.25) is 4.79 Å². The Morgan fingerprint density at radius 3 is 2.44 bits per heavy atom. The summed E-state index contributed by atoms with van der Waals surface area (Å²) in [6.45, 7) is 9.59. The zero-order valence-corrected chi connectivity index (χ0v) is 22.2. The fraction of sp³-hybridized carbons (Fsp3) is 0.385. The van der Waals surface area contributed by atoms with Gasteiger partial charge in [0, 0.05) is 57.1 Å². The Morgan fingerprint density at radius 2 is 1.79 bits per heavy atom. The minimum absolute atomic E-state index is 0.0614. The number of aryl methyl sites for hydroxylation is 1. The van der Waals surface area contributed by atoms with Gasteiger partial charge in [-0.25, -0.2) is 4.98 Å². The molecular weight excluding hydrogens is 513 g/mol. The molecule has 1 saturated heterocycles. The van der Waals surface area contributed by atoms with Gasteiger partial charge in [0.1, 0.15) is 17.2 Å². The first-order valence-corrected chi connectivity index (χ1v) is 12.5. The Morgan fingerprint density at radius 1 is 1.05 bits per heavy atom. The maximum atomic E-state index is 13.9. The Hall–Kier alpha value is -4.13. The number of carbonyl (C=O) groups is 1. The average Bonchev–Trinajstić information content (AvgIpc) is 2.89. The number of methoxy groups -OCH3 is 1. The largest absolute Gasteiger partial charge is 0.481 e. The number of ether oxygens (including phenoxy) is 1. The van der Waals surface area contributed by atoms with Crippen LogP contribution in [-0.2, 0) is 11.0 Å². The first-order chi connectivity index (χ1) is 18.5. The van der Waals surface area contributed by atoms with Crippen LogP contribution in [0.3, 0.4) is 0 Å². The van der Waals surface area contributed by atoms with E-state index in [4.69, 9.17) is 4.74 Å². The van der Waals surface area contributed by atoms with Crippen LogP contribution in [0.15, 0.2) is 36.5 Å². The van der Waals surface area contributed by atoms with Gasteiger partial charge in [0.25, 0.3) is 0 Å². The lowest BCUT2D eigenvalue weighted by Gasteiger charge is -2.35. The molecule has 0 atom stereocenters. The SMILES string of the molecule is CCN1CCN(c2cc(Nc3ncc(C(F)(F)F)c(Nc4ccc(C)cc4NC(C)=O)n3)cc(OC)n2)CC1. The number of hydrogen-bond acceptors (Lipinski definition) is 9. The number of amides is 1. The molecule has 2 aromatic heterocycles. The second kappa shape index (κ2) is 11.7. The molecule has 3 heterocycles. The van der Waals surface area contributed by atoms with Crippen molar-refractivity contribution >= 4 is 40.6 Å². The molecule has 208 valence electrons. The van der Waals surface area contributed by atoms with Crippen LogP contribution >= 0.6 is 0 Å². The zero-order chi connectivity index (χ0) is 28.2. The summed E-state index contributed by atoms with van der Waals surface area (Å²) in [5.74, 6) is 0.139. The number of halogens is 3. The predicted octanol–water partition coefficient (Wildman–Crippen LogP) is 4.79. The van der Waals surface area contributed by atoms with E-state index < -0.39 is 17.6 Å². The highest BCUT2D eigenvalue weighted by Crippen LogP contribution is 2.37. The molecule has 0 spiro atoms. The summed E-state index contributed by atoms with van der Waals surface area (Å²) in [5.41, 5.74) is 0.864. The number of hydrogen-bond donors (Lipinski definition) is 3. The van der Waals surface area contributed by atoms with Crippen molar-refractivity contribution in [3.8, 4) is 5.88 Å². The van der Waals surface area contributed by atoms with Crippen LogP contribution in [0.2, 0.25) is 0 Å². The van der Waals surface area contributed by atoms with Gasteiger partial charge >= 0.3 is 6.18 Å². The van der Waals surface area contributed by atoms with Crippen LogP contribution in [0.1, 0.15) is 25.0 Å². The summed E-state index contributed by atoms with van der Waals surface area (Å²) in [6.07, 6.45) is -4.00. The van der Waals surface area contributed by atoms with Crippen LogP contribution in [0.25, 0.3) is 0 Å². The van der Waals surface area contributed by atoms with Crippen molar-refractivity contribution in [1.29, 1.82) is 0 Å². The van der Waals surface area contributed by atoms with E-state index in [9.17, 15) is 18.0 Å². The highest BCUT2D eigenvalue weighted by molar-refractivity contribution is 5.93. The number of rotatable bonds is 8. The molecule has 0 saturated carbocycles. The van der Waals surface area contributed by atoms with Gasteiger partial charge in [0.15, 0.2) is 0 Å². The molecule has 1 amide bonds. The Labute approximate surface area is 224 Å². The quantitative estimate of drug-likeness (QED) is 0.369. The Kier molecular flexibility index (Phi) is 8.38. The number of pyridine rings is 1. The molecule has 39 heavy (non-hydrogen) atoms. The number of nitrogens with zero attached hydrogens (tertiary/aromatic N) is 5. The van der Waals surface area contributed by atoms with Gasteiger partial charge in [-0.1, -0.05) is 13.0 Å². The van der Waals surface area contributed by atoms with Crippen LogP contribution < -0.4 is 25.6 Å². The summed E-state index contributed by atoms with van der Waals surface area (Å²) >= 11 is 0. The van der Waals surface area contributed by atoms with Gasteiger partial charge in [0.05, 0.1) is 18.5 Å². The standard InChI is InChI=1S/C26H31F3N8O2/c1-5-36-8-10-37(11-9-36)22-13-18(14-23(34-22)39-4)32-25-30-15-19(26(27,28)29)24(35-25)33-20-7-6-16(2)12-21(20)31-17(3)38/h6-7,12-15H,5,8-11H2,1-4H3,(H,31,38)(H2,30,32,33,34,35). The summed E-state index contributed by atoms with van der Waals surface area (Å²) in [6, 6.07) is 8.35. The monoisotopic (exact) mass is 544 g/mol. The molecule has 10 nitrogen and oxygen atoms in total. The first kappa shape index (κ1) is 27.9. The third kappa shape index (κ3) is 7.05. The van der Waals surface area contributed by atoms with E-state index in [2.05, 4.69) is 47.6 Å². The maximum Gasteiger partial charge on any atom is 0.421 e. The van der Waals surface area contributed by atoms with Crippen molar-refractivity contribution in [3.63, 3.8) is 0 Å². The van der Waals surface area contributed by atoms with E-state index in [1.165, 1.54) is 14.0 Å². The molecule has 1 aliphatic heterocycles. The van der Waals surface area contributed by atoms with Gasteiger partial charge in [0.2, 0.25) is 17.7 Å². The molecule has 1 aromatic carbocycles. The Bertz CT molecular complexity index is 1330. The van der Waals surface area contributed by atoms with E-state index in [1.807, 2.05) is 6.92 Å². The summed E-state index contributed by atoms with van der Waals surface area (Å²) in [7, 11) is 1.50. The van der Waals surface area contributed by atoms with Crippen molar-refractivity contribution in [1.82, 2.24) is 19.9 Å². The molecule has 1 aliphatic rings. The minimum atomic E-state index is -4.71. The number of aromatic nitrogens is 3. The second-order valence-electron chi connectivity index (χ2n) is 9.11. The Balaban J connectivity index is 1.65. The van der Waals surface area contributed by atoms with Crippen LogP contribution in [0.4, 0.5) is 47.8 Å². The highest BCUT2D eigenvalue weighted by atomic mass is 19.4. The number of benzene rings is 1. The average molecular weight is 545 g/mol. The zero-order valence-electron chi connectivity index (χ0n) is 22.2. The maximum absolute atomic E-state index is 13.9. The number of likely N-dealkylation sites (N-methyl/N-ethyl adjacent to an activating group) is 1. The summed E-state index contributed by atoms with van der Waals surface area (Å²) in [4.78, 5) is 28.7. The normalized spacial score (nSPS) is 14.2. The van der Waals surface area contributed by atoms with Crippen molar-refractivity contribution in [2.75, 3.05) is 60.7 Å². The van der Waals surface area contributed by atoms with Crippen molar-refractivity contribution in [3.05, 3.63) is 47.7 Å². The van der Waals surface area contributed by atoms with Crippen LogP contribution in [0.5, 0.6) is 5.88 Å². The van der Waals surface area contributed by atoms with E-state index in [1.54, 1.807) is 30.3 Å². The fourth-order valence-electron chi connectivity index (χ4n) is 4.18. The van der Waals surface area contributed by atoms with Gasteiger partial charge in [-0.05, 0) is 31.2 Å². The topological polar surface area (TPSA) is 108 Å². The van der Waals surface area contributed by atoms with Crippen molar-refractivity contribution in [2.45, 2.75) is 26.9 Å². The van der Waals surface area contributed by atoms with E-state index in [-0.39, 0.29) is 17.5 Å². The molecule has 0 aliphatic carbocycles. The highest BCUT2D eigenvalue weighted by Gasteiger charge is 2.35. The van der Waals surface area contributed by atoms with Crippen LogP contribution in [0, 0.1) is 6.92 Å². The molecule has 0 radical (unpaired) electrons. The number of carbonyl (C=O) groups excluding carboxylic acids is 1. The molecule has 0 bridgehead atoms. The van der Waals surface area contributed by atoms with Gasteiger partial charge in [-0.15, -0.1) is 0 Å². The third-order valence-corrected chi connectivity index (χ3v) is 6.23. The first-order valence-electron chi connectivity index (χ1n) is 12.5. The van der Waals surface area contributed by atoms with Gasteiger partial charge < -0.3 is 30.5 Å². The summed E-state index contributed by atoms with van der Waals surface area (Å²) < 4.78 is 46.9. The predicted molar refractivity (Wildman–Crippen MR) is 144 cm³/mol. The van der Waals surface area contributed by atoms with E-state index >= 15 is 0 Å². The fourth-order valence-corrected chi connectivity index (χ4v) is 4.18. The molecule has 1 fully saturated rings. The molecular formula is C26H31F3N8O2. The number of anilines is 6. The number of piperazine rings is 1. The van der Waals surface area contributed by atoms with E-state index in [0.717, 1.165) is 38.3 Å².